The van der Waals surface area contributed by atoms with Crippen molar-refractivity contribution in [2.45, 2.75) is 25.8 Å². The van der Waals surface area contributed by atoms with Crippen molar-refractivity contribution in [2.24, 2.45) is 5.73 Å². The zero-order valence-electron chi connectivity index (χ0n) is 5.85. The maximum Gasteiger partial charge on any atom is 0.0116 e. The minimum absolute atomic E-state index is 0.322. The van der Waals surface area contributed by atoms with E-state index < -0.39 is 0 Å². The molecule has 1 aliphatic carbocycles. The largest absolute Gasteiger partial charge is 0.327 e. The third-order valence-corrected chi connectivity index (χ3v) is 1.56. The van der Waals surface area contributed by atoms with Crippen molar-refractivity contribution in [3.05, 3.63) is 23.8 Å². The number of rotatable bonds is 0. The lowest BCUT2D eigenvalue weighted by atomic mass is 9.94. The molecule has 9 heavy (non-hydrogen) atoms. The Hall–Kier alpha value is -0.560. The summed E-state index contributed by atoms with van der Waals surface area (Å²) >= 11 is 0. The van der Waals surface area contributed by atoms with Gasteiger partial charge in [-0.25, -0.2) is 0 Å². The summed E-state index contributed by atoms with van der Waals surface area (Å²) in [5.41, 5.74) is 8.25. The highest BCUT2D eigenvalue weighted by molar-refractivity contribution is 5.25. The quantitative estimate of drug-likeness (QED) is 0.520. The van der Waals surface area contributed by atoms with Gasteiger partial charge in [0.15, 0.2) is 0 Å². The lowest BCUT2D eigenvalue weighted by Crippen LogP contribution is -2.22. The molecule has 1 heteroatoms. The Morgan fingerprint density at radius 2 is 2.33 bits per heavy atom. The van der Waals surface area contributed by atoms with Crippen molar-refractivity contribution in [2.75, 3.05) is 0 Å². The van der Waals surface area contributed by atoms with Crippen LogP contribution in [0.4, 0.5) is 0 Å². The summed E-state index contributed by atoms with van der Waals surface area (Å²) in [4.78, 5) is 0. The lowest BCUT2D eigenvalue weighted by Gasteiger charge is -2.17. The summed E-state index contributed by atoms with van der Waals surface area (Å²) in [6, 6.07) is 0.322. The molecule has 0 radical (unpaired) electrons. The van der Waals surface area contributed by atoms with Crippen LogP contribution in [-0.4, -0.2) is 6.04 Å². The first-order valence-corrected chi connectivity index (χ1v) is 3.29. The van der Waals surface area contributed by atoms with Crippen LogP contribution >= 0.6 is 0 Å². The van der Waals surface area contributed by atoms with E-state index in [9.17, 15) is 0 Å². The second-order valence-electron chi connectivity index (χ2n) is 2.82. The van der Waals surface area contributed by atoms with Crippen LogP contribution in [0.15, 0.2) is 23.8 Å². The molecule has 0 aromatic rings. The Morgan fingerprint density at radius 1 is 1.67 bits per heavy atom. The molecule has 50 valence electrons. The zero-order chi connectivity index (χ0) is 6.85. The third kappa shape index (κ3) is 1.68. The molecule has 0 saturated heterocycles. The highest BCUT2D eigenvalue weighted by atomic mass is 14.6. The third-order valence-electron chi connectivity index (χ3n) is 1.56. The zero-order valence-corrected chi connectivity index (χ0v) is 5.85. The second kappa shape index (κ2) is 2.36. The highest BCUT2D eigenvalue weighted by Gasteiger charge is 2.09. The maximum absolute atomic E-state index is 5.71. The summed E-state index contributed by atoms with van der Waals surface area (Å²) in [5.74, 6) is 0. The fourth-order valence-corrected chi connectivity index (χ4v) is 1.29. The minimum atomic E-state index is 0.322. The maximum atomic E-state index is 5.71. The molecule has 0 amide bonds. The van der Waals surface area contributed by atoms with Crippen LogP contribution in [0.1, 0.15) is 19.8 Å². The van der Waals surface area contributed by atoms with Crippen molar-refractivity contribution in [3.63, 3.8) is 0 Å². The summed E-state index contributed by atoms with van der Waals surface area (Å²) < 4.78 is 0. The van der Waals surface area contributed by atoms with Gasteiger partial charge in [-0.05, 0) is 19.8 Å². The van der Waals surface area contributed by atoms with Crippen molar-refractivity contribution in [1.82, 2.24) is 0 Å². The van der Waals surface area contributed by atoms with E-state index in [2.05, 4.69) is 19.6 Å². The summed E-state index contributed by atoms with van der Waals surface area (Å²) in [7, 11) is 0. The Morgan fingerprint density at radius 3 is 2.78 bits per heavy atom. The summed E-state index contributed by atoms with van der Waals surface area (Å²) in [6.07, 6.45) is 4.14. The normalized spacial score (nSPS) is 28.0. The molecule has 1 nitrogen and oxygen atoms in total. The Bertz CT molecular complexity index is 156. The average molecular weight is 123 g/mol. The first-order valence-electron chi connectivity index (χ1n) is 3.29. The van der Waals surface area contributed by atoms with E-state index in [-0.39, 0.29) is 0 Å². The average Bonchev–Trinajstić information content (AvgIpc) is 1.59. The molecule has 2 N–H and O–H groups in total. The van der Waals surface area contributed by atoms with Crippen molar-refractivity contribution in [3.8, 4) is 0 Å². The molecule has 0 aromatic heterocycles. The standard InChI is InChI=1S/C8H13N/c1-6-3-7(2)5-8(9)4-6/h3,8H,1,4-5,9H2,2H3. The van der Waals surface area contributed by atoms with Crippen LogP contribution in [-0.2, 0) is 0 Å². The van der Waals surface area contributed by atoms with Gasteiger partial charge < -0.3 is 5.73 Å². The summed E-state index contributed by atoms with van der Waals surface area (Å²) in [6.45, 7) is 5.96. The predicted octanol–water partition coefficient (Wildman–Crippen LogP) is 1.61. The molecule has 1 unspecified atom stereocenters. The van der Waals surface area contributed by atoms with Crippen molar-refractivity contribution >= 4 is 0 Å². The van der Waals surface area contributed by atoms with Crippen LogP contribution < -0.4 is 5.73 Å². The van der Waals surface area contributed by atoms with Crippen LogP contribution in [0.3, 0.4) is 0 Å². The minimum Gasteiger partial charge on any atom is -0.327 e. The van der Waals surface area contributed by atoms with E-state index in [0.717, 1.165) is 12.8 Å². The molecule has 1 atom stereocenters. The molecular formula is C8H13N. The Labute approximate surface area is 56.2 Å². The van der Waals surface area contributed by atoms with E-state index in [4.69, 9.17) is 5.73 Å². The van der Waals surface area contributed by atoms with Crippen LogP contribution in [0.5, 0.6) is 0 Å². The van der Waals surface area contributed by atoms with Crippen molar-refractivity contribution in [1.29, 1.82) is 0 Å². The van der Waals surface area contributed by atoms with Gasteiger partial charge in [0.1, 0.15) is 0 Å². The van der Waals surface area contributed by atoms with E-state index in [1.165, 1.54) is 11.1 Å². The van der Waals surface area contributed by atoms with Gasteiger partial charge in [-0.1, -0.05) is 23.8 Å². The van der Waals surface area contributed by atoms with Gasteiger partial charge in [-0.15, -0.1) is 0 Å². The first-order chi connectivity index (χ1) is 4.18. The fourth-order valence-electron chi connectivity index (χ4n) is 1.29. The number of hydrogen-bond acceptors (Lipinski definition) is 1. The second-order valence-corrected chi connectivity index (χ2v) is 2.82. The Balaban J connectivity index is 2.67. The number of nitrogens with two attached hydrogens (primary N) is 1. The van der Waals surface area contributed by atoms with Gasteiger partial charge in [0.25, 0.3) is 0 Å². The van der Waals surface area contributed by atoms with Gasteiger partial charge in [-0.3, -0.25) is 0 Å². The van der Waals surface area contributed by atoms with E-state index in [1.807, 2.05) is 0 Å². The molecule has 1 rings (SSSR count). The van der Waals surface area contributed by atoms with Crippen LogP contribution in [0.2, 0.25) is 0 Å². The SMILES string of the molecule is C=C1C=C(C)CC(N)C1. The molecule has 0 aromatic carbocycles. The van der Waals surface area contributed by atoms with Crippen LogP contribution in [0.25, 0.3) is 0 Å². The molecule has 1 aliphatic rings. The lowest BCUT2D eigenvalue weighted by molar-refractivity contribution is 0.644. The predicted molar refractivity (Wildman–Crippen MR) is 40.1 cm³/mol. The molecule has 0 fully saturated rings. The van der Waals surface area contributed by atoms with Crippen LogP contribution in [0, 0.1) is 0 Å². The van der Waals surface area contributed by atoms with Gasteiger partial charge >= 0.3 is 0 Å². The molecule has 0 heterocycles. The Kier molecular flexibility index (Phi) is 1.72. The smallest absolute Gasteiger partial charge is 0.0116 e. The van der Waals surface area contributed by atoms with Crippen molar-refractivity contribution < 1.29 is 0 Å². The summed E-state index contributed by atoms with van der Waals surface area (Å²) in [5, 5.41) is 0. The first kappa shape index (κ1) is 6.56. The highest BCUT2D eigenvalue weighted by Crippen LogP contribution is 2.18. The van der Waals surface area contributed by atoms with E-state index in [1.54, 1.807) is 0 Å². The monoisotopic (exact) mass is 123 g/mol. The van der Waals surface area contributed by atoms with Gasteiger partial charge in [0.2, 0.25) is 0 Å². The molecule has 0 bridgehead atoms. The number of hydrogen-bond donors (Lipinski definition) is 1. The van der Waals surface area contributed by atoms with Gasteiger partial charge in [-0.2, -0.15) is 0 Å². The topological polar surface area (TPSA) is 26.0 Å². The fraction of sp³-hybridized carbons (Fsp3) is 0.500. The van der Waals surface area contributed by atoms with E-state index in [0.29, 0.717) is 6.04 Å². The number of allylic oxidation sites excluding steroid dienone is 1. The molecule has 0 aliphatic heterocycles. The molecule has 0 spiro atoms. The molecular weight excluding hydrogens is 110 g/mol. The van der Waals surface area contributed by atoms with E-state index >= 15 is 0 Å². The molecule has 0 saturated carbocycles. The van der Waals surface area contributed by atoms with Gasteiger partial charge in [0, 0.05) is 6.04 Å². The van der Waals surface area contributed by atoms with Gasteiger partial charge in [0.05, 0.1) is 0 Å².